The largest absolute Gasteiger partial charge is 0.468 e. The number of carbonyl (C=O) groups excluding carboxylic acids is 2. The first kappa shape index (κ1) is 26.3. The van der Waals surface area contributed by atoms with Crippen molar-refractivity contribution in [3.05, 3.63) is 77.4 Å². The maximum atomic E-state index is 15.0. The maximum Gasteiger partial charge on any atom is 0.323 e. The zero-order valence-corrected chi connectivity index (χ0v) is 23.0. The van der Waals surface area contributed by atoms with Crippen LogP contribution in [0.3, 0.4) is 0 Å². The van der Waals surface area contributed by atoms with Crippen LogP contribution in [0.5, 0.6) is 0 Å². The van der Waals surface area contributed by atoms with Gasteiger partial charge in [-0.2, -0.15) is 0 Å². The number of hydrogen-bond acceptors (Lipinski definition) is 7. The number of benzene rings is 1. The van der Waals surface area contributed by atoms with Gasteiger partial charge >= 0.3 is 12.0 Å². The lowest BCUT2D eigenvalue weighted by molar-refractivity contribution is -0.146. The van der Waals surface area contributed by atoms with E-state index in [0.29, 0.717) is 24.2 Å². The van der Waals surface area contributed by atoms with Gasteiger partial charge in [0.2, 0.25) is 0 Å². The predicted octanol–water partition coefficient (Wildman–Crippen LogP) is 5.51. The summed E-state index contributed by atoms with van der Waals surface area (Å²) in [4.78, 5) is 36.4. The van der Waals surface area contributed by atoms with Crippen molar-refractivity contribution in [3.8, 4) is 10.6 Å². The standard InChI is InChI=1S/C30H30FN5O3S/c1-39-29(37)26-3-2-12-36(26)17-18-4-9-24(33-16-18)27-15-25-28(40-27)20(10-11-32-25)13-19-5-6-22(14-23(19)31)35-30(38)34-21-7-8-21/h4-6,9-11,14-16,21,26H,2-3,7-8,12-13,17H2,1H3,(H2,34,35,38)/t26-/m0/s1. The van der Waals surface area contributed by atoms with E-state index >= 15 is 0 Å². The fourth-order valence-electron chi connectivity index (χ4n) is 5.13. The molecule has 206 valence electrons. The molecule has 10 heteroatoms. The average Bonchev–Trinajstić information content (AvgIpc) is 3.45. The highest BCUT2D eigenvalue weighted by atomic mass is 32.1. The number of ether oxygens (including phenoxy) is 1. The van der Waals surface area contributed by atoms with Crippen LogP contribution >= 0.6 is 11.3 Å². The summed E-state index contributed by atoms with van der Waals surface area (Å²) in [5.74, 6) is -0.546. The number of pyridine rings is 2. The van der Waals surface area contributed by atoms with Crippen LogP contribution in [0.4, 0.5) is 14.9 Å². The molecule has 2 fully saturated rings. The molecule has 0 radical (unpaired) electrons. The third kappa shape index (κ3) is 5.83. The Balaban J connectivity index is 1.16. The minimum Gasteiger partial charge on any atom is -0.468 e. The zero-order chi connectivity index (χ0) is 27.6. The maximum absolute atomic E-state index is 15.0. The molecular weight excluding hydrogens is 529 g/mol. The summed E-state index contributed by atoms with van der Waals surface area (Å²) in [5, 5.41) is 5.54. The average molecular weight is 560 g/mol. The second-order valence-corrected chi connectivity index (χ2v) is 11.4. The third-order valence-corrected chi connectivity index (χ3v) is 8.62. The van der Waals surface area contributed by atoms with Gasteiger partial charge in [0.1, 0.15) is 11.9 Å². The molecule has 1 aliphatic carbocycles. The predicted molar refractivity (Wildman–Crippen MR) is 153 cm³/mol. The van der Waals surface area contributed by atoms with Crippen LogP contribution in [-0.4, -0.2) is 52.6 Å². The van der Waals surface area contributed by atoms with E-state index in [-0.39, 0.29) is 29.9 Å². The molecule has 40 heavy (non-hydrogen) atoms. The molecule has 0 bridgehead atoms. The second kappa shape index (κ2) is 11.3. The summed E-state index contributed by atoms with van der Waals surface area (Å²) in [7, 11) is 1.43. The van der Waals surface area contributed by atoms with Crippen molar-refractivity contribution in [2.45, 2.75) is 50.7 Å². The van der Waals surface area contributed by atoms with Gasteiger partial charge in [-0.3, -0.25) is 19.7 Å². The summed E-state index contributed by atoms with van der Waals surface area (Å²) >= 11 is 1.59. The Morgan fingerprint density at radius 3 is 2.73 bits per heavy atom. The Morgan fingerprint density at radius 1 is 1.10 bits per heavy atom. The highest BCUT2D eigenvalue weighted by Crippen LogP contribution is 2.35. The van der Waals surface area contributed by atoms with E-state index in [1.165, 1.54) is 13.2 Å². The second-order valence-electron chi connectivity index (χ2n) is 10.4. The molecule has 2 aliphatic rings. The molecule has 2 N–H and O–H groups in total. The molecule has 4 aromatic rings. The van der Waals surface area contributed by atoms with Crippen LogP contribution in [0, 0.1) is 5.82 Å². The number of amides is 2. The van der Waals surface area contributed by atoms with Crippen molar-refractivity contribution in [3.63, 3.8) is 0 Å². The minimum absolute atomic E-state index is 0.181. The van der Waals surface area contributed by atoms with E-state index in [4.69, 9.17) is 9.72 Å². The van der Waals surface area contributed by atoms with Crippen LogP contribution in [0.25, 0.3) is 20.8 Å². The number of methoxy groups -OCH3 is 1. The Bertz CT molecular complexity index is 1550. The number of fused-ring (bicyclic) bond motifs is 1. The van der Waals surface area contributed by atoms with E-state index in [9.17, 15) is 14.0 Å². The van der Waals surface area contributed by atoms with E-state index < -0.39 is 0 Å². The number of aromatic nitrogens is 2. The smallest absolute Gasteiger partial charge is 0.323 e. The van der Waals surface area contributed by atoms with Gasteiger partial charge in [-0.15, -0.1) is 11.3 Å². The molecule has 0 spiro atoms. The lowest BCUT2D eigenvalue weighted by Crippen LogP contribution is -2.36. The normalized spacial score (nSPS) is 17.2. The monoisotopic (exact) mass is 559 g/mol. The number of hydrogen-bond donors (Lipinski definition) is 2. The van der Waals surface area contributed by atoms with E-state index in [1.807, 2.05) is 30.5 Å². The first-order chi connectivity index (χ1) is 19.5. The Hall–Kier alpha value is -3.89. The number of nitrogens with zero attached hydrogens (tertiary/aromatic N) is 3. The van der Waals surface area contributed by atoms with E-state index in [1.54, 1.807) is 29.7 Å². The molecule has 1 aliphatic heterocycles. The summed E-state index contributed by atoms with van der Waals surface area (Å²) < 4.78 is 20.9. The Morgan fingerprint density at radius 2 is 1.98 bits per heavy atom. The quantitative estimate of drug-likeness (QED) is 0.277. The van der Waals surface area contributed by atoms with Crippen molar-refractivity contribution in [2.75, 3.05) is 19.0 Å². The topological polar surface area (TPSA) is 96.5 Å². The molecular formula is C30H30FN5O3S. The number of nitrogens with one attached hydrogen (secondary N) is 2. The number of urea groups is 1. The third-order valence-electron chi connectivity index (χ3n) is 7.40. The molecule has 8 nitrogen and oxygen atoms in total. The van der Waals surface area contributed by atoms with Crippen molar-refractivity contribution in [1.29, 1.82) is 0 Å². The highest BCUT2D eigenvalue weighted by molar-refractivity contribution is 7.22. The zero-order valence-electron chi connectivity index (χ0n) is 22.2. The van der Waals surface area contributed by atoms with Crippen LogP contribution in [0.15, 0.2) is 54.9 Å². The Labute approximate surface area is 235 Å². The molecule has 1 saturated heterocycles. The molecule has 1 atom stereocenters. The number of esters is 1. The van der Waals surface area contributed by atoms with E-state index in [2.05, 4.69) is 20.5 Å². The summed E-state index contributed by atoms with van der Waals surface area (Å²) in [6, 6.07) is 12.5. The van der Waals surface area contributed by atoms with Crippen molar-refractivity contribution in [1.82, 2.24) is 20.2 Å². The summed E-state index contributed by atoms with van der Waals surface area (Å²) in [6.45, 7) is 1.51. The molecule has 3 aromatic heterocycles. The number of anilines is 1. The lowest BCUT2D eigenvalue weighted by atomic mass is 10.0. The van der Waals surface area contributed by atoms with Gasteiger partial charge in [0.05, 0.1) is 27.9 Å². The van der Waals surface area contributed by atoms with Crippen molar-refractivity contribution < 1.29 is 18.7 Å². The summed E-state index contributed by atoms with van der Waals surface area (Å²) in [6.07, 6.45) is 7.78. The van der Waals surface area contributed by atoms with Crippen LogP contribution in [-0.2, 0) is 22.5 Å². The van der Waals surface area contributed by atoms with Gasteiger partial charge in [-0.05, 0) is 79.3 Å². The number of carbonyl (C=O) groups is 2. The highest BCUT2D eigenvalue weighted by Gasteiger charge is 2.31. The fraction of sp³-hybridized carbons (Fsp3) is 0.333. The Kier molecular flexibility index (Phi) is 7.44. The minimum atomic E-state index is -0.365. The van der Waals surface area contributed by atoms with Gasteiger partial charge in [0.25, 0.3) is 0 Å². The number of halogens is 1. The molecule has 6 rings (SSSR count). The molecule has 4 heterocycles. The van der Waals surface area contributed by atoms with Crippen LogP contribution in [0.1, 0.15) is 42.4 Å². The number of thiophene rings is 1. The fourth-order valence-corrected chi connectivity index (χ4v) is 6.23. The van der Waals surface area contributed by atoms with Crippen molar-refractivity contribution in [2.24, 2.45) is 0 Å². The number of likely N-dealkylation sites (tertiary alicyclic amines) is 1. The van der Waals surface area contributed by atoms with Gasteiger partial charge in [0.15, 0.2) is 0 Å². The van der Waals surface area contributed by atoms with Gasteiger partial charge in [-0.1, -0.05) is 12.1 Å². The van der Waals surface area contributed by atoms with Gasteiger partial charge in [0, 0.05) is 37.1 Å². The van der Waals surface area contributed by atoms with Gasteiger partial charge in [-0.25, -0.2) is 9.18 Å². The van der Waals surface area contributed by atoms with Crippen LogP contribution in [0.2, 0.25) is 0 Å². The SMILES string of the molecule is COC(=O)[C@@H]1CCCN1Cc1ccc(-c2cc3nccc(Cc4ccc(NC(=O)NC5CC5)cc4F)c3s2)nc1. The number of rotatable bonds is 8. The van der Waals surface area contributed by atoms with E-state index in [0.717, 1.165) is 64.1 Å². The summed E-state index contributed by atoms with van der Waals surface area (Å²) in [5.41, 5.74) is 4.68. The molecule has 2 amide bonds. The molecule has 1 saturated carbocycles. The first-order valence-electron chi connectivity index (χ1n) is 13.5. The van der Waals surface area contributed by atoms with Crippen LogP contribution < -0.4 is 10.6 Å². The molecule has 1 aromatic carbocycles. The molecule has 0 unspecified atom stereocenters. The van der Waals surface area contributed by atoms with Crippen molar-refractivity contribution >= 4 is 39.2 Å². The first-order valence-corrected chi connectivity index (χ1v) is 14.3. The lowest BCUT2D eigenvalue weighted by Gasteiger charge is -2.22. The van der Waals surface area contributed by atoms with Gasteiger partial charge < -0.3 is 15.4 Å².